The third-order valence-electron chi connectivity index (χ3n) is 1.09. The Morgan fingerprint density at radius 2 is 2.56 bits per heavy atom. The van der Waals surface area contributed by atoms with Gasteiger partial charge in [-0.3, -0.25) is 0 Å². The summed E-state index contributed by atoms with van der Waals surface area (Å²) in [6.45, 7) is 4.13. The van der Waals surface area contributed by atoms with Crippen LogP contribution in [0.15, 0.2) is 0 Å². The summed E-state index contributed by atoms with van der Waals surface area (Å²) in [5.74, 6) is 0. The van der Waals surface area contributed by atoms with E-state index in [1.807, 2.05) is 6.92 Å². The fraction of sp³-hybridized carbons (Fsp3) is 1.00. The fourth-order valence-electron chi connectivity index (χ4n) is 0.550. The molecule has 0 aromatic heterocycles. The first-order valence-electron chi connectivity index (χ1n) is 3.24. The minimum atomic E-state index is 0.142. The Hall–Kier alpha value is -0.120. The molecule has 3 heteroatoms. The van der Waals surface area contributed by atoms with Crippen LogP contribution >= 0.6 is 0 Å². The molecule has 0 amide bonds. The van der Waals surface area contributed by atoms with Crippen molar-refractivity contribution >= 4 is 0 Å². The molecule has 1 heterocycles. The van der Waals surface area contributed by atoms with E-state index < -0.39 is 0 Å². The van der Waals surface area contributed by atoms with Crippen LogP contribution in [0.25, 0.3) is 0 Å². The SMILES string of the molecule is C[C@@H](N)COC[C@@H]1CO1. The molecule has 1 rings (SSSR count). The van der Waals surface area contributed by atoms with E-state index in [2.05, 4.69) is 0 Å². The van der Waals surface area contributed by atoms with Crippen molar-refractivity contribution in [2.75, 3.05) is 19.8 Å². The quantitative estimate of drug-likeness (QED) is 0.535. The van der Waals surface area contributed by atoms with Gasteiger partial charge >= 0.3 is 0 Å². The van der Waals surface area contributed by atoms with Gasteiger partial charge in [-0.2, -0.15) is 0 Å². The zero-order valence-electron chi connectivity index (χ0n) is 5.67. The van der Waals surface area contributed by atoms with Crippen molar-refractivity contribution < 1.29 is 9.47 Å². The van der Waals surface area contributed by atoms with Gasteiger partial charge in [-0.25, -0.2) is 0 Å². The monoisotopic (exact) mass is 131 g/mol. The Balaban J connectivity index is 1.81. The molecule has 0 bridgehead atoms. The molecule has 2 N–H and O–H groups in total. The zero-order valence-corrected chi connectivity index (χ0v) is 5.67. The van der Waals surface area contributed by atoms with Crippen LogP contribution in [0.5, 0.6) is 0 Å². The number of rotatable bonds is 4. The molecule has 54 valence electrons. The Kier molecular flexibility index (Phi) is 2.45. The van der Waals surface area contributed by atoms with E-state index in [1.54, 1.807) is 0 Å². The van der Waals surface area contributed by atoms with Gasteiger partial charge in [-0.15, -0.1) is 0 Å². The van der Waals surface area contributed by atoms with E-state index in [1.165, 1.54) is 0 Å². The van der Waals surface area contributed by atoms with Crippen LogP contribution in [-0.2, 0) is 9.47 Å². The van der Waals surface area contributed by atoms with E-state index >= 15 is 0 Å². The van der Waals surface area contributed by atoms with Crippen molar-refractivity contribution in [1.29, 1.82) is 0 Å². The molecule has 0 spiro atoms. The summed E-state index contributed by atoms with van der Waals surface area (Å²) in [5, 5.41) is 0. The Morgan fingerprint density at radius 1 is 1.89 bits per heavy atom. The summed E-state index contributed by atoms with van der Waals surface area (Å²) in [6.07, 6.45) is 0.365. The third-order valence-corrected chi connectivity index (χ3v) is 1.09. The maximum absolute atomic E-state index is 5.43. The molecule has 1 aliphatic rings. The zero-order chi connectivity index (χ0) is 6.69. The molecule has 1 aliphatic heterocycles. The predicted octanol–water partition coefficient (Wildman–Crippen LogP) is -0.251. The minimum absolute atomic E-state index is 0.142. The maximum atomic E-state index is 5.43. The first-order valence-corrected chi connectivity index (χ1v) is 3.24. The highest BCUT2D eigenvalue weighted by Crippen LogP contribution is 2.08. The Bertz CT molecular complexity index is 79.1. The Labute approximate surface area is 55.1 Å². The van der Waals surface area contributed by atoms with Gasteiger partial charge in [0.05, 0.1) is 19.8 Å². The highest BCUT2D eigenvalue weighted by Gasteiger charge is 2.22. The van der Waals surface area contributed by atoms with Gasteiger partial charge in [-0.1, -0.05) is 0 Å². The van der Waals surface area contributed by atoms with Gasteiger partial charge in [0.25, 0.3) is 0 Å². The summed E-state index contributed by atoms with van der Waals surface area (Å²) in [5.41, 5.74) is 5.43. The van der Waals surface area contributed by atoms with Gasteiger partial charge < -0.3 is 15.2 Å². The van der Waals surface area contributed by atoms with E-state index in [0.717, 1.165) is 6.61 Å². The van der Waals surface area contributed by atoms with Crippen LogP contribution in [0, 0.1) is 0 Å². The highest BCUT2D eigenvalue weighted by molar-refractivity contribution is 4.67. The molecule has 0 aliphatic carbocycles. The Morgan fingerprint density at radius 3 is 3.00 bits per heavy atom. The molecule has 1 saturated heterocycles. The highest BCUT2D eigenvalue weighted by atomic mass is 16.6. The number of nitrogens with two attached hydrogens (primary N) is 1. The van der Waals surface area contributed by atoms with E-state index in [0.29, 0.717) is 19.3 Å². The molecular weight excluding hydrogens is 118 g/mol. The average Bonchev–Trinajstić information content (AvgIpc) is 2.48. The molecule has 9 heavy (non-hydrogen) atoms. The van der Waals surface area contributed by atoms with Crippen molar-refractivity contribution in [1.82, 2.24) is 0 Å². The van der Waals surface area contributed by atoms with Crippen molar-refractivity contribution in [2.45, 2.75) is 19.1 Å². The lowest BCUT2D eigenvalue weighted by Crippen LogP contribution is -2.22. The molecular formula is C6H13NO2. The predicted molar refractivity (Wildman–Crippen MR) is 34.2 cm³/mol. The van der Waals surface area contributed by atoms with Crippen molar-refractivity contribution in [2.24, 2.45) is 5.73 Å². The second-order valence-corrected chi connectivity index (χ2v) is 2.47. The standard InChI is InChI=1S/C6H13NO2/c1-5(7)2-8-3-6-4-9-6/h5-6H,2-4,7H2,1H3/t5-,6-/m1/s1. The van der Waals surface area contributed by atoms with E-state index in [-0.39, 0.29) is 6.04 Å². The lowest BCUT2D eigenvalue weighted by Gasteiger charge is -2.03. The molecule has 0 radical (unpaired) electrons. The lowest BCUT2D eigenvalue weighted by molar-refractivity contribution is 0.108. The van der Waals surface area contributed by atoms with Crippen molar-refractivity contribution in [3.05, 3.63) is 0 Å². The largest absolute Gasteiger partial charge is 0.377 e. The van der Waals surface area contributed by atoms with Crippen LogP contribution in [0.1, 0.15) is 6.92 Å². The van der Waals surface area contributed by atoms with Crippen LogP contribution in [0.2, 0.25) is 0 Å². The van der Waals surface area contributed by atoms with Crippen LogP contribution < -0.4 is 5.73 Å². The fourth-order valence-corrected chi connectivity index (χ4v) is 0.550. The number of hydrogen-bond donors (Lipinski definition) is 1. The molecule has 1 fully saturated rings. The van der Waals surface area contributed by atoms with Crippen molar-refractivity contribution in [3.8, 4) is 0 Å². The van der Waals surface area contributed by atoms with Gasteiger partial charge in [0.1, 0.15) is 6.10 Å². The first-order chi connectivity index (χ1) is 4.29. The third kappa shape index (κ3) is 3.46. The maximum Gasteiger partial charge on any atom is 0.104 e. The van der Waals surface area contributed by atoms with Crippen LogP contribution in [-0.4, -0.2) is 32.0 Å². The van der Waals surface area contributed by atoms with Gasteiger partial charge in [0.15, 0.2) is 0 Å². The number of hydrogen-bond acceptors (Lipinski definition) is 3. The summed E-state index contributed by atoms with van der Waals surface area (Å²) in [6, 6.07) is 0.142. The molecule has 0 aromatic rings. The minimum Gasteiger partial charge on any atom is -0.377 e. The van der Waals surface area contributed by atoms with Crippen LogP contribution in [0.3, 0.4) is 0 Å². The van der Waals surface area contributed by atoms with Gasteiger partial charge in [0, 0.05) is 6.04 Å². The van der Waals surface area contributed by atoms with Crippen LogP contribution in [0.4, 0.5) is 0 Å². The smallest absolute Gasteiger partial charge is 0.104 e. The lowest BCUT2D eigenvalue weighted by atomic mass is 10.4. The second-order valence-electron chi connectivity index (χ2n) is 2.47. The average molecular weight is 131 g/mol. The van der Waals surface area contributed by atoms with Gasteiger partial charge in [-0.05, 0) is 6.92 Å². The summed E-state index contributed by atoms with van der Waals surface area (Å²) < 4.78 is 10.1. The number of ether oxygens (including phenoxy) is 2. The molecule has 0 saturated carbocycles. The van der Waals surface area contributed by atoms with Crippen molar-refractivity contribution in [3.63, 3.8) is 0 Å². The van der Waals surface area contributed by atoms with Gasteiger partial charge in [0.2, 0.25) is 0 Å². The molecule has 2 atom stereocenters. The molecule has 3 nitrogen and oxygen atoms in total. The topological polar surface area (TPSA) is 47.8 Å². The molecule has 0 aromatic carbocycles. The molecule has 0 unspecified atom stereocenters. The second kappa shape index (κ2) is 3.15. The normalized spacial score (nSPS) is 28.0. The van der Waals surface area contributed by atoms with E-state index in [4.69, 9.17) is 15.2 Å². The summed E-state index contributed by atoms with van der Waals surface area (Å²) in [7, 11) is 0. The first kappa shape index (κ1) is 6.99. The van der Waals surface area contributed by atoms with E-state index in [9.17, 15) is 0 Å². The summed E-state index contributed by atoms with van der Waals surface area (Å²) >= 11 is 0. The summed E-state index contributed by atoms with van der Waals surface area (Å²) in [4.78, 5) is 0. The number of epoxide rings is 1.